The first kappa shape index (κ1) is 15.8. The minimum atomic E-state index is -3.33. The lowest BCUT2D eigenvalue weighted by molar-refractivity contribution is -0.143. The number of nitrogens with zero attached hydrogens (tertiary/aromatic N) is 1. The molecule has 116 valence electrons. The van der Waals surface area contributed by atoms with E-state index in [1.54, 1.807) is 0 Å². The minimum Gasteiger partial charge on any atom is -0.481 e. The predicted molar refractivity (Wildman–Crippen MR) is 76.9 cm³/mol. The highest BCUT2D eigenvalue weighted by atomic mass is 32.2. The third-order valence-electron chi connectivity index (χ3n) is 4.70. The lowest BCUT2D eigenvalue weighted by Gasteiger charge is -2.36. The lowest BCUT2D eigenvalue weighted by atomic mass is 9.91. The molecule has 1 aliphatic carbocycles. The van der Waals surface area contributed by atoms with Crippen LogP contribution in [0, 0.1) is 11.8 Å². The largest absolute Gasteiger partial charge is 0.481 e. The summed E-state index contributed by atoms with van der Waals surface area (Å²) in [5.74, 6) is -0.975. The van der Waals surface area contributed by atoms with E-state index < -0.39 is 21.9 Å². The number of hydrogen-bond acceptors (Lipinski definition) is 3. The highest BCUT2D eigenvalue weighted by Gasteiger charge is 2.37. The molecule has 2 aliphatic rings. The molecule has 2 unspecified atom stereocenters. The first-order valence-electron chi connectivity index (χ1n) is 7.62. The van der Waals surface area contributed by atoms with Crippen molar-refractivity contribution >= 4 is 16.0 Å². The van der Waals surface area contributed by atoms with Crippen LogP contribution in [0.4, 0.5) is 0 Å². The van der Waals surface area contributed by atoms with Gasteiger partial charge in [0, 0.05) is 12.6 Å². The van der Waals surface area contributed by atoms with E-state index in [1.807, 2.05) is 6.92 Å². The molecule has 0 amide bonds. The average molecular weight is 303 g/mol. The van der Waals surface area contributed by atoms with Crippen molar-refractivity contribution < 1.29 is 18.3 Å². The van der Waals surface area contributed by atoms with Gasteiger partial charge in [-0.05, 0) is 38.5 Å². The monoisotopic (exact) mass is 303 g/mol. The van der Waals surface area contributed by atoms with E-state index in [9.17, 15) is 13.2 Å². The van der Waals surface area contributed by atoms with Crippen molar-refractivity contribution in [1.82, 2.24) is 4.31 Å². The van der Waals surface area contributed by atoms with Crippen LogP contribution in [0.5, 0.6) is 0 Å². The smallest absolute Gasteiger partial charge is 0.307 e. The normalized spacial score (nSPS) is 30.2. The molecule has 0 bridgehead atoms. The quantitative estimate of drug-likeness (QED) is 0.863. The third-order valence-corrected chi connectivity index (χ3v) is 6.82. The Morgan fingerprint density at radius 3 is 2.40 bits per heavy atom. The second-order valence-corrected chi connectivity index (χ2v) is 8.28. The van der Waals surface area contributed by atoms with Gasteiger partial charge in [-0.3, -0.25) is 4.79 Å². The molecule has 6 heteroatoms. The van der Waals surface area contributed by atoms with E-state index in [1.165, 1.54) is 10.7 Å². The van der Waals surface area contributed by atoms with E-state index >= 15 is 0 Å². The topological polar surface area (TPSA) is 74.7 Å². The zero-order chi connectivity index (χ0) is 14.8. The third kappa shape index (κ3) is 3.73. The summed E-state index contributed by atoms with van der Waals surface area (Å²) in [5, 5.41) is 9.11. The summed E-state index contributed by atoms with van der Waals surface area (Å²) in [7, 11) is -3.33. The summed E-state index contributed by atoms with van der Waals surface area (Å²) in [5.41, 5.74) is 0. The van der Waals surface area contributed by atoms with Crippen LogP contribution in [0.2, 0.25) is 0 Å². The molecule has 1 aliphatic heterocycles. The zero-order valence-corrected chi connectivity index (χ0v) is 12.9. The van der Waals surface area contributed by atoms with Crippen molar-refractivity contribution in [2.45, 2.75) is 57.9 Å². The van der Waals surface area contributed by atoms with E-state index in [-0.39, 0.29) is 24.3 Å². The number of carboxylic acid groups (broad SMARTS) is 1. The number of rotatable bonds is 4. The molecule has 2 rings (SSSR count). The van der Waals surface area contributed by atoms with Gasteiger partial charge >= 0.3 is 5.97 Å². The Morgan fingerprint density at radius 2 is 1.80 bits per heavy atom. The lowest BCUT2D eigenvalue weighted by Crippen LogP contribution is -2.48. The minimum absolute atomic E-state index is 0.0702. The van der Waals surface area contributed by atoms with Gasteiger partial charge < -0.3 is 5.11 Å². The molecule has 0 radical (unpaired) electrons. The van der Waals surface area contributed by atoms with Gasteiger partial charge in [0.05, 0.1) is 11.7 Å². The molecule has 0 aromatic carbocycles. The number of aliphatic carboxylic acids is 1. The molecule has 1 N–H and O–H groups in total. The van der Waals surface area contributed by atoms with E-state index in [4.69, 9.17) is 5.11 Å². The first-order valence-corrected chi connectivity index (χ1v) is 9.23. The van der Waals surface area contributed by atoms with Gasteiger partial charge in [0.25, 0.3) is 0 Å². The molecule has 0 aromatic rings. The van der Waals surface area contributed by atoms with Gasteiger partial charge in [0.1, 0.15) is 0 Å². The molecule has 0 aromatic heterocycles. The van der Waals surface area contributed by atoms with Crippen LogP contribution in [-0.2, 0) is 14.8 Å². The Balaban J connectivity index is 2.04. The highest BCUT2D eigenvalue weighted by Crippen LogP contribution is 2.29. The number of carboxylic acids is 1. The Bertz CT molecular complexity index is 442. The molecule has 2 fully saturated rings. The van der Waals surface area contributed by atoms with E-state index in [2.05, 4.69) is 0 Å². The Hall–Kier alpha value is -0.620. The predicted octanol–water partition coefficient (Wildman–Crippen LogP) is 2.08. The maximum Gasteiger partial charge on any atom is 0.307 e. The van der Waals surface area contributed by atoms with Crippen LogP contribution in [0.1, 0.15) is 51.9 Å². The van der Waals surface area contributed by atoms with Crippen LogP contribution in [-0.4, -0.2) is 42.1 Å². The Labute approximate surface area is 121 Å². The van der Waals surface area contributed by atoms with Crippen molar-refractivity contribution in [3.63, 3.8) is 0 Å². The van der Waals surface area contributed by atoms with Crippen molar-refractivity contribution in [3.05, 3.63) is 0 Å². The van der Waals surface area contributed by atoms with Crippen molar-refractivity contribution in [2.24, 2.45) is 11.8 Å². The standard InChI is InChI=1S/C14H25NO4S/c1-11-7-8-13(14(16)17)9-15(11)20(18,19)10-12-5-3-2-4-6-12/h11-13H,2-10H2,1H3,(H,16,17). The molecule has 1 saturated heterocycles. The molecule has 5 nitrogen and oxygen atoms in total. The van der Waals surface area contributed by atoms with Crippen molar-refractivity contribution in [2.75, 3.05) is 12.3 Å². The van der Waals surface area contributed by atoms with E-state index in [0.717, 1.165) is 25.7 Å². The Morgan fingerprint density at radius 1 is 1.15 bits per heavy atom. The maximum absolute atomic E-state index is 12.6. The molecular formula is C14H25NO4S. The molecule has 1 saturated carbocycles. The maximum atomic E-state index is 12.6. The molecule has 1 heterocycles. The van der Waals surface area contributed by atoms with Gasteiger partial charge in [0.15, 0.2) is 0 Å². The van der Waals surface area contributed by atoms with Crippen LogP contribution in [0.25, 0.3) is 0 Å². The summed E-state index contributed by atoms with van der Waals surface area (Å²) >= 11 is 0. The Kier molecular flexibility index (Phi) is 5.07. The number of sulfonamides is 1. The molecule has 20 heavy (non-hydrogen) atoms. The van der Waals surface area contributed by atoms with Gasteiger partial charge in [-0.1, -0.05) is 19.3 Å². The fourth-order valence-corrected chi connectivity index (χ4v) is 5.59. The summed E-state index contributed by atoms with van der Waals surface area (Å²) in [4.78, 5) is 11.1. The van der Waals surface area contributed by atoms with Gasteiger partial charge in [-0.2, -0.15) is 4.31 Å². The SMILES string of the molecule is CC1CCC(C(=O)O)CN1S(=O)(=O)CC1CCCCC1. The van der Waals surface area contributed by atoms with E-state index in [0.29, 0.717) is 12.8 Å². The van der Waals surface area contributed by atoms with Crippen molar-refractivity contribution in [3.8, 4) is 0 Å². The highest BCUT2D eigenvalue weighted by molar-refractivity contribution is 7.89. The summed E-state index contributed by atoms with van der Waals surface area (Å²) in [6, 6.07) is -0.0702. The molecule has 0 spiro atoms. The summed E-state index contributed by atoms with van der Waals surface area (Å²) < 4.78 is 26.6. The second kappa shape index (κ2) is 6.43. The molecular weight excluding hydrogens is 278 g/mol. The second-order valence-electron chi connectivity index (χ2n) is 6.31. The molecule has 2 atom stereocenters. The van der Waals surface area contributed by atoms with Gasteiger partial charge in [-0.15, -0.1) is 0 Å². The van der Waals surface area contributed by atoms with Gasteiger partial charge in [0.2, 0.25) is 10.0 Å². The van der Waals surface area contributed by atoms with Gasteiger partial charge in [-0.25, -0.2) is 8.42 Å². The summed E-state index contributed by atoms with van der Waals surface area (Å²) in [6.45, 7) is 2.03. The van der Waals surface area contributed by atoms with Crippen LogP contribution in [0.3, 0.4) is 0 Å². The average Bonchev–Trinajstić information content (AvgIpc) is 2.39. The van der Waals surface area contributed by atoms with Crippen molar-refractivity contribution in [1.29, 1.82) is 0 Å². The summed E-state index contributed by atoms with van der Waals surface area (Å²) in [6.07, 6.45) is 6.64. The number of carbonyl (C=O) groups is 1. The number of piperidine rings is 1. The van der Waals surface area contributed by atoms with Crippen LogP contribution in [0.15, 0.2) is 0 Å². The first-order chi connectivity index (χ1) is 9.40. The zero-order valence-electron chi connectivity index (χ0n) is 12.1. The van der Waals surface area contributed by atoms with Crippen LogP contribution >= 0.6 is 0 Å². The number of hydrogen-bond donors (Lipinski definition) is 1. The fourth-order valence-electron chi connectivity index (χ4n) is 3.41. The fraction of sp³-hybridized carbons (Fsp3) is 0.929. The van der Waals surface area contributed by atoms with Crippen LogP contribution < -0.4 is 0 Å².